The van der Waals surface area contributed by atoms with Crippen LogP contribution in [0.5, 0.6) is 0 Å². The van der Waals surface area contributed by atoms with E-state index in [1.807, 2.05) is 17.3 Å². The monoisotopic (exact) mass is 330 g/mol. The third-order valence-electron chi connectivity index (χ3n) is 2.15. The van der Waals surface area contributed by atoms with Crippen LogP contribution in [0.3, 0.4) is 0 Å². The molecule has 1 rings (SSSR count). The maximum atomic E-state index is 10.4. The first-order valence-electron chi connectivity index (χ1n) is 5.55. The van der Waals surface area contributed by atoms with Gasteiger partial charge in [-0.2, -0.15) is 8.42 Å². The summed E-state index contributed by atoms with van der Waals surface area (Å²) >= 11 is 0. The zero-order valence-corrected chi connectivity index (χ0v) is 12.4. The van der Waals surface area contributed by atoms with E-state index in [1.165, 1.54) is 0 Å². The van der Waals surface area contributed by atoms with E-state index in [0.29, 0.717) is 6.42 Å². The molecule has 0 atom stereocenters. The minimum Gasteiger partial charge on any atom is -0.358 e. The van der Waals surface area contributed by atoms with Crippen molar-refractivity contribution in [1.82, 2.24) is 9.80 Å². The van der Waals surface area contributed by atoms with E-state index in [9.17, 15) is 8.42 Å². The highest BCUT2D eigenvalue weighted by atomic mass is 32.2. The fourth-order valence-corrected chi connectivity index (χ4v) is 1.92. The molecule has 4 N–H and O–H groups in total. The molecule has 0 spiro atoms. The van der Waals surface area contributed by atoms with E-state index in [0.717, 1.165) is 19.6 Å². The topological polar surface area (TPSA) is 139 Å². The molecule has 1 heterocycles. The van der Waals surface area contributed by atoms with Crippen LogP contribution in [0, 0.1) is 0 Å². The summed E-state index contributed by atoms with van der Waals surface area (Å²) in [5.74, 6) is -0.157. The number of rotatable bonds is 6. The zero-order valence-electron chi connectivity index (χ0n) is 10.7. The molecule has 0 aromatic carbocycles. The maximum Gasteiger partial charge on any atom is 0.466 e. The molecule has 118 valence electrons. The van der Waals surface area contributed by atoms with Gasteiger partial charge in [0.25, 0.3) is 10.1 Å². The van der Waals surface area contributed by atoms with Gasteiger partial charge in [-0.25, -0.2) is 4.57 Å². The van der Waals surface area contributed by atoms with Crippen molar-refractivity contribution >= 4 is 17.9 Å². The average molecular weight is 330 g/mol. The van der Waals surface area contributed by atoms with Crippen LogP contribution in [0.25, 0.3) is 0 Å². The molecule has 0 radical (unpaired) electrons. The first-order valence-corrected chi connectivity index (χ1v) is 8.73. The maximum absolute atomic E-state index is 10.4. The van der Waals surface area contributed by atoms with Gasteiger partial charge < -0.3 is 24.5 Å². The van der Waals surface area contributed by atoms with Gasteiger partial charge in [-0.1, -0.05) is 6.58 Å². The van der Waals surface area contributed by atoms with Crippen molar-refractivity contribution in [2.24, 2.45) is 0 Å². The Bertz CT molecular complexity index is 464. The molecule has 0 aromatic rings. The highest BCUT2D eigenvalue weighted by Crippen LogP contribution is 2.25. The Morgan fingerprint density at radius 3 is 2.20 bits per heavy atom. The molecular formula is C9H19N2O7PS. The smallest absolute Gasteiger partial charge is 0.358 e. The molecule has 20 heavy (non-hydrogen) atoms. The highest BCUT2D eigenvalue weighted by molar-refractivity contribution is 7.85. The van der Waals surface area contributed by atoms with Crippen LogP contribution < -0.4 is 0 Å². The first kappa shape index (κ1) is 19.1. The predicted octanol–water partition coefficient (Wildman–Crippen LogP) is -0.0844. The summed E-state index contributed by atoms with van der Waals surface area (Å²) in [7, 11) is -8.44. The number of unbranched alkanes of at least 4 members (excludes halogenated alkanes) is 1. The molecule has 0 unspecified atom stereocenters. The van der Waals surface area contributed by atoms with Gasteiger partial charge >= 0.3 is 7.82 Å². The van der Waals surface area contributed by atoms with Gasteiger partial charge in [0, 0.05) is 18.9 Å². The van der Waals surface area contributed by atoms with Crippen LogP contribution in [0.4, 0.5) is 0 Å². The van der Waals surface area contributed by atoms with Gasteiger partial charge in [0.1, 0.15) is 0 Å². The molecule has 11 heteroatoms. The molecule has 0 bridgehead atoms. The Labute approximate surface area is 117 Å². The van der Waals surface area contributed by atoms with Crippen LogP contribution in [-0.2, 0) is 14.7 Å². The van der Waals surface area contributed by atoms with E-state index >= 15 is 0 Å². The van der Waals surface area contributed by atoms with E-state index in [-0.39, 0.29) is 5.75 Å². The average Bonchev–Trinajstić information content (AvgIpc) is 2.68. The van der Waals surface area contributed by atoms with E-state index in [4.69, 9.17) is 23.8 Å². The third-order valence-corrected chi connectivity index (χ3v) is 2.95. The summed E-state index contributed by atoms with van der Waals surface area (Å²) in [6.07, 6.45) is 6.81. The Hall–Kier alpha value is -0.900. The third kappa shape index (κ3) is 13.5. The highest BCUT2D eigenvalue weighted by Gasteiger charge is 2.09. The molecule has 0 amide bonds. The van der Waals surface area contributed by atoms with E-state index < -0.39 is 17.9 Å². The van der Waals surface area contributed by atoms with Gasteiger partial charge in [-0.15, -0.1) is 0 Å². The molecule has 1 aliphatic rings. The lowest BCUT2D eigenvalue weighted by Gasteiger charge is -2.17. The molecule has 0 aromatic heterocycles. The predicted molar refractivity (Wildman–Crippen MR) is 72.7 cm³/mol. The normalized spacial score (nSPS) is 15.0. The standard InChI is InChI=1S/C9H16N2O3S.H3O4P/c1-2-10-6-7-11(9-10)5-3-4-8-15(12,13)14;1-5(2,3)4/h2,6-7H,1,3-5,8-9H2,(H,12,13,14);(H3,1,2,3,4). The Morgan fingerprint density at radius 2 is 1.80 bits per heavy atom. The summed E-state index contributed by atoms with van der Waals surface area (Å²) < 4.78 is 38.3. The van der Waals surface area contributed by atoms with Gasteiger partial charge in [-0.05, 0) is 19.0 Å². The fourth-order valence-electron chi connectivity index (χ4n) is 1.35. The molecule has 9 nitrogen and oxygen atoms in total. The second-order valence-electron chi connectivity index (χ2n) is 3.96. The molecular weight excluding hydrogens is 311 g/mol. The minimum absolute atomic E-state index is 0.157. The van der Waals surface area contributed by atoms with Crippen LogP contribution in [0.1, 0.15) is 12.8 Å². The van der Waals surface area contributed by atoms with Crippen molar-refractivity contribution in [2.75, 3.05) is 19.0 Å². The number of phosphoric acid groups is 1. The van der Waals surface area contributed by atoms with E-state index in [1.54, 1.807) is 6.20 Å². The number of hydrogen-bond acceptors (Lipinski definition) is 5. The van der Waals surface area contributed by atoms with Crippen LogP contribution >= 0.6 is 7.82 Å². The summed E-state index contributed by atoms with van der Waals surface area (Å²) in [6, 6.07) is 0. The van der Waals surface area contributed by atoms with Gasteiger partial charge in [0.05, 0.1) is 12.4 Å². The van der Waals surface area contributed by atoms with Gasteiger partial charge in [0.2, 0.25) is 0 Å². The van der Waals surface area contributed by atoms with E-state index in [2.05, 4.69) is 11.5 Å². The van der Waals surface area contributed by atoms with Crippen molar-refractivity contribution < 1.29 is 32.2 Å². The Kier molecular flexibility index (Phi) is 8.02. The van der Waals surface area contributed by atoms with Crippen LogP contribution in [0.2, 0.25) is 0 Å². The van der Waals surface area contributed by atoms with Crippen molar-refractivity contribution in [1.29, 1.82) is 0 Å². The molecule has 1 aliphatic heterocycles. The SMILES string of the molecule is C=CN1C=CN(CCCCS(=O)(=O)O)C1.O=P(O)(O)O. The molecule has 0 aliphatic carbocycles. The minimum atomic E-state index is -4.64. The van der Waals surface area contributed by atoms with Crippen molar-refractivity contribution in [3.63, 3.8) is 0 Å². The summed E-state index contributed by atoms with van der Waals surface area (Å²) in [5, 5.41) is 0. The Morgan fingerprint density at radius 1 is 1.25 bits per heavy atom. The van der Waals surface area contributed by atoms with Crippen molar-refractivity contribution in [3.05, 3.63) is 25.2 Å². The lowest BCUT2D eigenvalue weighted by molar-refractivity contribution is 0.275. The van der Waals surface area contributed by atoms with Gasteiger partial charge in [-0.3, -0.25) is 4.55 Å². The lowest BCUT2D eigenvalue weighted by Crippen LogP contribution is -2.23. The van der Waals surface area contributed by atoms with Crippen molar-refractivity contribution in [3.8, 4) is 0 Å². The Balaban J connectivity index is 0.000000621. The molecule has 0 fully saturated rings. The first-order chi connectivity index (χ1) is 9.01. The van der Waals surface area contributed by atoms with Crippen LogP contribution in [0.15, 0.2) is 25.2 Å². The number of nitrogens with zero attached hydrogens (tertiary/aromatic N) is 2. The molecule has 0 saturated carbocycles. The summed E-state index contributed by atoms with van der Waals surface area (Å²) in [5.41, 5.74) is 0. The second-order valence-corrected chi connectivity index (χ2v) is 6.55. The summed E-state index contributed by atoms with van der Waals surface area (Å²) in [6.45, 7) is 5.19. The molecule has 0 saturated heterocycles. The van der Waals surface area contributed by atoms with Crippen LogP contribution in [-0.4, -0.2) is 56.4 Å². The van der Waals surface area contributed by atoms with Crippen molar-refractivity contribution in [2.45, 2.75) is 12.8 Å². The largest absolute Gasteiger partial charge is 0.466 e. The quantitative estimate of drug-likeness (QED) is 0.299. The summed E-state index contributed by atoms with van der Waals surface area (Å²) in [4.78, 5) is 25.6. The van der Waals surface area contributed by atoms with Gasteiger partial charge in [0.15, 0.2) is 0 Å². The second kappa shape index (κ2) is 8.40. The fraction of sp³-hybridized carbons (Fsp3) is 0.556. The number of hydrogen-bond donors (Lipinski definition) is 4. The zero-order chi connectivity index (χ0) is 15.8. The lowest BCUT2D eigenvalue weighted by atomic mass is 10.3.